The van der Waals surface area contributed by atoms with Crippen molar-refractivity contribution in [3.05, 3.63) is 45.2 Å². The molecule has 0 aliphatic carbocycles. The quantitative estimate of drug-likeness (QED) is 0.850. The molecule has 0 unspecified atom stereocenters. The van der Waals surface area contributed by atoms with Crippen LogP contribution in [0.3, 0.4) is 0 Å². The number of anilines is 2. The maximum Gasteiger partial charge on any atom is 0.275 e. The Morgan fingerprint density at radius 3 is 2.61 bits per heavy atom. The first kappa shape index (κ1) is 13.0. The molecule has 0 bridgehead atoms. The third-order valence-corrected chi connectivity index (χ3v) is 3.23. The van der Waals surface area contributed by atoms with Gasteiger partial charge in [-0.2, -0.15) is 0 Å². The summed E-state index contributed by atoms with van der Waals surface area (Å²) in [7, 11) is 0. The van der Waals surface area contributed by atoms with Crippen LogP contribution in [0.25, 0.3) is 0 Å². The first-order valence-electron chi connectivity index (χ1n) is 4.90. The van der Waals surface area contributed by atoms with Crippen LogP contribution in [0.1, 0.15) is 10.5 Å². The van der Waals surface area contributed by atoms with Gasteiger partial charge in [-0.15, -0.1) is 0 Å². The van der Waals surface area contributed by atoms with Crippen LogP contribution in [-0.4, -0.2) is 15.9 Å². The van der Waals surface area contributed by atoms with Gasteiger partial charge >= 0.3 is 0 Å². The highest BCUT2D eigenvalue weighted by Gasteiger charge is 2.10. The van der Waals surface area contributed by atoms with Crippen LogP contribution in [0, 0.1) is 0 Å². The van der Waals surface area contributed by atoms with Gasteiger partial charge in [0, 0.05) is 8.95 Å². The average Bonchev–Trinajstić information content (AvgIpc) is 2.33. The number of carbonyl (C=O) groups excluding carboxylic acids is 1. The van der Waals surface area contributed by atoms with Crippen molar-refractivity contribution in [2.24, 2.45) is 0 Å². The minimum absolute atomic E-state index is 0.207. The molecule has 0 saturated carbocycles. The fraction of sp³-hybridized carbons (Fsp3) is 0. The van der Waals surface area contributed by atoms with Crippen molar-refractivity contribution >= 4 is 49.3 Å². The molecule has 0 aliphatic heterocycles. The van der Waals surface area contributed by atoms with E-state index in [9.17, 15) is 4.79 Å². The number of aromatic nitrogens is 2. The van der Waals surface area contributed by atoms with Crippen LogP contribution < -0.4 is 11.1 Å². The number of hydrogen-bond donors (Lipinski definition) is 2. The highest BCUT2D eigenvalue weighted by Crippen LogP contribution is 2.26. The van der Waals surface area contributed by atoms with Crippen molar-refractivity contribution < 1.29 is 4.79 Å². The molecule has 0 spiro atoms. The highest BCUT2D eigenvalue weighted by atomic mass is 79.9. The zero-order chi connectivity index (χ0) is 13.1. The van der Waals surface area contributed by atoms with Crippen LogP contribution in [0.5, 0.6) is 0 Å². The smallest absolute Gasteiger partial charge is 0.275 e. The molecule has 1 heterocycles. The average molecular weight is 372 g/mol. The van der Waals surface area contributed by atoms with Crippen molar-refractivity contribution in [3.63, 3.8) is 0 Å². The second-order valence-electron chi connectivity index (χ2n) is 3.40. The van der Waals surface area contributed by atoms with E-state index in [-0.39, 0.29) is 17.4 Å². The number of hydrogen-bond acceptors (Lipinski definition) is 4. The molecule has 1 amide bonds. The number of nitrogens with two attached hydrogens (primary N) is 1. The summed E-state index contributed by atoms with van der Waals surface area (Å²) in [5.74, 6) is -0.0677. The van der Waals surface area contributed by atoms with Crippen molar-refractivity contribution in [2.45, 2.75) is 0 Å². The first-order chi connectivity index (χ1) is 8.56. The number of benzene rings is 1. The Morgan fingerprint density at radius 1 is 1.22 bits per heavy atom. The molecular formula is C11H8Br2N4O. The summed E-state index contributed by atoms with van der Waals surface area (Å²) < 4.78 is 1.69. The lowest BCUT2D eigenvalue weighted by molar-refractivity contribution is 0.102. The van der Waals surface area contributed by atoms with E-state index in [0.717, 1.165) is 8.95 Å². The van der Waals surface area contributed by atoms with E-state index in [1.54, 1.807) is 6.07 Å². The molecule has 0 fully saturated rings. The fourth-order valence-electron chi connectivity index (χ4n) is 1.23. The van der Waals surface area contributed by atoms with Gasteiger partial charge in [0.1, 0.15) is 11.5 Å². The van der Waals surface area contributed by atoms with Gasteiger partial charge in [0.2, 0.25) is 0 Å². The number of nitrogens with zero attached hydrogens (tertiary/aromatic N) is 2. The Hall–Kier alpha value is -1.47. The number of carbonyl (C=O) groups is 1. The number of rotatable bonds is 2. The van der Waals surface area contributed by atoms with Crippen LogP contribution in [0.4, 0.5) is 11.5 Å². The third kappa shape index (κ3) is 3.05. The molecule has 18 heavy (non-hydrogen) atoms. The molecular weight excluding hydrogens is 364 g/mol. The molecule has 2 aromatic rings. The monoisotopic (exact) mass is 370 g/mol. The number of halogens is 2. The van der Waals surface area contributed by atoms with Gasteiger partial charge in [0.05, 0.1) is 18.1 Å². The Morgan fingerprint density at radius 2 is 2.00 bits per heavy atom. The molecule has 7 heteroatoms. The molecule has 2 rings (SSSR count). The van der Waals surface area contributed by atoms with Crippen LogP contribution in [-0.2, 0) is 0 Å². The minimum atomic E-state index is -0.342. The maximum absolute atomic E-state index is 11.9. The Balaban J connectivity index is 2.18. The second-order valence-corrected chi connectivity index (χ2v) is 5.17. The molecule has 0 aliphatic rings. The lowest BCUT2D eigenvalue weighted by Crippen LogP contribution is -2.14. The normalized spacial score (nSPS) is 10.1. The topological polar surface area (TPSA) is 80.9 Å². The van der Waals surface area contributed by atoms with E-state index in [1.165, 1.54) is 12.4 Å². The predicted molar refractivity (Wildman–Crippen MR) is 76.2 cm³/mol. The molecule has 1 aromatic heterocycles. The molecule has 5 nitrogen and oxygen atoms in total. The number of amides is 1. The van der Waals surface area contributed by atoms with Crippen molar-refractivity contribution in [2.75, 3.05) is 11.1 Å². The summed E-state index contributed by atoms with van der Waals surface area (Å²) in [6.07, 6.45) is 2.67. The summed E-state index contributed by atoms with van der Waals surface area (Å²) in [5, 5.41) is 2.72. The van der Waals surface area contributed by atoms with E-state index >= 15 is 0 Å². The van der Waals surface area contributed by atoms with E-state index in [2.05, 4.69) is 47.1 Å². The van der Waals surface area contributed by atoms with Crippen LogP contribution in [0.15, 0.2) is 39.5 Å². The van der Waals surface area contributed by atoms with E-state index in [4.69, 9.17) is 5.73 Å². The zero-order valence-corrected chi connectivity index (χ0v) is 12.2. The largest absolute Gasteiger partial charge is 0.382 e. The summed E-state index contributed by atoms with van der Waals surface area (Å²) >= 11 is 6.70. The molecule has 1 aromatic carbocycles. The summed E-state index contributed by atoms with van der Waals surface area (Å²) in [6, 6.07) is 5.44. The van der Waals surface area contributed by atoms with Crippen molar-refractivity contribution in [1.82, 2.24) is 9.97 Å². The molecule has 0 atom stereocenters. The minimum Gasteiger partial charge on any atom is -0.382 e. The van der Waals surface area contributed by atoms with Crippen molar-refractivity contribution in [1.29, 1.82) is 0 Å². The summed E-state index contributed by atoms with van der Waals surface area (Å²) in [4.78, 5) is 19.6. The van der Waals surface area contributed by atoms with Crippen LogP contribution in [0.2, 0.25) is 0 Å². The van der Waals surface area contributed by atoms with Gasteiger partial charge in [-0.3, -0.25) is 4.79 Å². The predicted octanol–water partition coefficient (Wildman–Crippen LogP) is 2.84. The van der Waals surface area contributed by atoms with E-state index < -0.39 is 0 Å². The van der Waals surface area contributed by atoms with Gasteiger partial charge in [0.15, 0.2) is 0 Å². The first-order valence-corrected chi connectivity index (χ1v) is 6.49. The van der Waals surface area contributed by atoms with Gasteiger partial charge in [-0.25, -0.2) is 9.97 Å². The number of nitrogens with one attached hydrogen (secondary N) is 1. The van der Waals surface area contributed by atoms with E-state index in [1.807, 2.05) is 12.1 Å². The van der Waals surface area contributed by atoms with Gasteiger partial charge in [-0.05, 0) is 34.1 Å². The summed E-state index contributed by atoms with van der Waals surface area (Å²) in [5.41, 5.74) is 6.26. The zero-order valence-electron chi connectivity index (χ0n) is 9.02. The lowest BCUT2D eigenvalue weighted by atomic mass is 10.3. The highest BCUT2D eigenvalue weighted by molar-refractivity contribution is 9.11. The Kier molecular flexibility index (Phi) is 3.93. The van der Waals surface area contributed by atoms with Gasteiger partial charge in [0.25, 0.3) is 5.91 Å². The number of nitrogen functional groups attached to an aromatic ring is 1. The van der Waals surface area contributed by atoms with Gasteiger partial charge in [-0.1, -0.05) is 15.9 Å². The second kappa shape index (κ2) is 5.45. The Bertz CT molecular complexity index is 586. The maximum atomic E-state index is 11.9. The fourth-order valence-corrected chi connectivity index (χ4v) is 2.38. The summed E-state index contributed by atoms with van der Waals surface area (Å²) in [6.45, 7) is 0. The van der Waals surface area contributed by atoms with Crippen molar-refractivity contribution in [3.8, 4) is 0 Å². The molecule has 0 saturated heterocycles. The van der Waals surface area contributed by atoms with E-state index in [0.29, 0.717) is 5.69 Å². The van der Waals surface area contributed by atoms with Gasteiger partial charge < -0.3 is 11.1 Å². The molecule has 3 N–H and O–H groups in total. The lowest BCUT2D eigenvalue weighted by Gasteiger charge is -2.07. The molecule has 92 valence electrons. The SMILES string of the molecule is Nc1cnc(C(=O)Nc2ccc(Br)cc2Br)cn1. The third-order valence-electron chi connectivity index (χ3n) is 2.08. The standard InChI is InChI=1S/C11H8Br2N4O/c12-6-1-2-8(7(13)3-6)17-11(18)9-4-16-10(14)5-15-9/h1-5H,(H2,14,16)(H,17,18). The molecule has 0 radical (unpaired) electrons. The van der Waals surface area contributed by atoms with Crippen LogP contribution >= 0.6 is 31.9 Å². The Labute approximate surface area is 120 Å².